The molecule has 1 amide bonds. The van der Waals surface area contributed by atoms with Crippen molar-refractivity contribution < 1.29 is 4.79 Å². The maximum atomic E-state index is 11.8. The first kappa shape index (κ1) is 13.4. The number of amides is 1. The van der Waals surface area contributed by atoms with Crippen molar-refractivity contribution in [1.82, 2.24) is 14.9 Å². The smallest absolute Gasteiger partial charge is 0.269 e. The third-order valence-corrected chi connectivity index (χ3v) is 3.44. The van der Waals surface area contributed by atoms with Gasteiger partial charge in [0.1, 0.15) is 5.69 Å². The highest BCUT2D eigenvalue weighted by molar-refractivity contribution is 5.92. The van der Waals surface area contributed by atoms with Crippen LogP contribution in [0.1, 0.15) is 16.9 Å². The lowest BCUT2D eigenvalue weighted by atomic mass is 10.2. The molecule has 0 aliphatic heterocycles. The van der Waals surface area contributed by atoms with E-state index >= 15 is 0 Å². The molecule has 0 unspecified atom stereocenters. The quantitative estimate of drug-likeness (QED) is 0.730. The molecule has 3 aromatic rings. The summed E-state index contributed by atoms with van der Waals surface area (Å²) in [4.78, 5) is 15.9. The maximum absolute atomic E-state index is 11.8. The number of para-hydroxylation sites is 1. The molecule has 21 heavy (non-hydrogen) atoms. The molecule has 0 aliphatic carbocycles. The summed E-state index contributed by atoms with van der Waals surface area (Å²) in [5.41, 5.74) is 1.69. The molecule has 106 valence electrons. The van der Waals surface area contributed by atoms with Crippen molar-refractivity contribution >= 4 is 16.8 Å². The minimum atomic E-state index is -0.118. The predicted molar refractivity (Wildman–Crippen MR) is 83.1 cm³/mol. The zero-order valence-electron chi connectivity index (χ0n) is 11.7. The molecule has 4 nitrogen and oxygen atoms in total. The van der Waals surface area contributed by atoms with Crippen molar-refractivity contribution in [3.63, 3.8) is 0 Å². The molecule has 1 aromatic carbocycles. The van der Waals surface area contributed by atoms with Crippen molar-refractivity contribution in [2.75, 3.05) is 6.54 Å². The Bertz CT molecular complexity index is 734. The van der Waals surface area contributed by atoms with Gasteiger partial charge in [-0.15, -0.1) is 0 Å². The number of nitrogens with one attached hydrogen (secondary N) is 1. The average molecular weight is 279 g/mol. The van der Waals surface area contributed by atoms with Crippen LogP contribution in [0.4, 0.5) is 0 Å². The molecule has 0 spiro atoms. The third-order valence-electron chi connectivity index (χ3n) is 3.44. The van der Waals surface area contributed by atoms with E-state index in [1.807, 2.05) is 18.2 Å². The fourth-order valence-corrected chi connectivity index (χ4v) is 2.37. The number of nitrogens with zero attached hydrogens (tertiary/aromatic N) is 2. The van der Waals surface area contributed by atoms with E-state index in [4.69, 9.17) is 0 Å². The van der Waals surface area contributed by atoms with Crippen LogP contribution in [-0.4, -0.2) is 22.0 Å². The average Bonchev–Trinajstić information content (AvgIpc) is 2.95. The number of carbonyl (C=O) groups is 1. The number of hydrogen-bond donors (Lipinski definition) is 1. The van der Waals surface area contributed by atoms with Crippen LogP contribution >= 0.6 is 0 Å². The first-order valence-electron chi connectivity index (χ1n) is 7.08. The first-order valence-corrected chi connectivity index (χ1v) is 7.08. The molecule has 4 heteroatoms. The summed E-state index contributed by atoms with van der Waals surface area (Å²) in [5.74, 6) is -0.118. The molecule has 0 atom stereocenters. The first-order chi connectivity index (χ1) is 10.3. The van der Waals surface area contributed by atoms with Crippen LogP contribution in [0.2, 0.25) is 0 Å². The van der Waals surface area contributed by atoms with Crippen molar-refractivity contribution in [2.24, 2.45) is 0 Å². The molecular formula is C17H17N3O. The third kappa shape index (κ3) is 3.11. The Morgan fingerprint density at radius 3 is 2.81 bits per heavy atom. The number of aryl methyl sites for hydroxylation is 1. The number of fused-ring (bicyclic) bond motifs is 1. The second-order valence-corrected chi connectivity index (χ2v) is 4.89. The van der Waals surface area contributed by atoms with Gasteiger partial charge in [0.25, 0.3) is 5.91 Å². The molecule has 0 fully saturated rings. The van der Waals surface area contributed by atoms with Gasteiger partial charge >= 0.3 is 0 Å². The van der Waals surface area contributed by atoms with E-state index in [0.717, 1.165) is 13.0 Å². The Kier molecular flexibility index (Phi) is 3.96. The summed E-state index contributed by atoms with van der Waals surface area (Å²) in [5, 5.41) is 4.14. The molecule has 0 saturated carbocycles. The van der Waals surface area contributed by atoms with E-state index in [2.05, 4.69) is 39.3 Å². The maximum Gasteiger partial charge on any atom is 0.269 e. The van der Waals surface area contributed by atoms with Gasteiger partial charge in [-0.2, -0.15) is 0 Å². The fourth-order valence-electron chi connectivity index (χ4n) is 2.37. The van der Waals surface area contributed by atoms with Gasteiger partial charge in [0.15, 0.2) is 0 Å². The molecule has 3 rings (SSSR count). The molecule has 0 radical (unpaired) electrons. The number of carbonyl (C=O) groups excluding carboxylic acids is 1. The van der Waals surface area contributed by atoms with Crippen LogP contribution in [0.3, 0.4) is 0 Å². The summed E-state index contributed by atoms with van der Waals surface area (Å²) in [7, 11) is 0. The Hall–Kier alpha value is -2.62. The van der Waals surface area contributed by atoms with Crippen LogP contribution in [0, 0.1) is 0 Å². The monoisotopic (exact) mass is 279 g/mol. The van der Waals surface area contributed by atoms with Crippen molar-refractivity contribution in [3.8, 4) is 0 Å². The highest BCUT2D eigenvalue weighted by Gasteiger charge is 2.05. The minimum absolute atomic E-state index is 0.118. The van der Waals surface area contributed by atoms with Crippen LogP contribution < -0.4 is 5.32 Å². The van der Waals surface area contributed by atoms with Gasteiger partial charge in [0.2, 0.25) is 0 Å². The minimum Gasteiger partial charge on any atom is -0.351 e. The van der Waals surface area contributed by atoms with Crippen molar-refractivity contribution in [1.29, 1.82) is 0 Å². The van der Waals surface area contributed by atoms with Crippen molar-refractivity contribution in [3.05, 3.63) is 66.6 Å². The van der Waals surface area contributed by atoms with Gasteiger partial charge in [-0.05, 0) is 36.1 Å². The van der Waals surface area contributed by atoms with Crippen LogP contribution in [0.15, 0.2) is 60.9 Å². The number of hydrogen-bond acceptors (Lipinski definition) is 2. The van der Waals surface area contributed by atoms with Crippen molar-refractivity contribution in [2.45, 2.75) is 13.0 Å². The number of rotatable bonds is 5. The van der Waals surface area contributed by atoms with E-state index < -0.39 is 0 Å². The zero-order valence-corrected chi connectivity index (χ0v) is 11.7. The number of aromatic nitrogens is 2. The second-order valence-electron chi connectivity index (χ2n) is 4.89. The van der Waals surface area contributed by atoms with Gasteiger partial charge < -0.3 is 9.88 Å². The molecular weight excluding hydrogens is 262 g/mol. The Balaban J connectivity index is 1.52. The summed E-state index contributed by atoms with van der Waals surface area (Å²) in [6.07, 6.45) is 4.60. The number of pyridine rings is 1. The van der Waals surface area contributed by atoms with E-state index in [1.54, 1.807) is 18.3 Å². The van der Waals surface area contributed by atoms with Gasteiger partial charge in [-0.3, -0.25) is 9.78 Å². The summed E-state index contributed by atoms with van der Waals surface area (Å²) in [6.45, 7) is 1.53. The lowest BCUT2D eigenvalue weighted by Crippen LogP contribution is -2.25. The van der Waals surface area contributed by atoms with Gasteiger partial charge in [-0.1, -0.05) is 24.3 Å². The molecule has 1 N–H and O–H groups in total. The predicted octanol–water partition coefficient (Wildman–Crippen LogP) is 2.86. The zero-order chi connectivity index (χ0) is 14.5. The fraction of sp³-hybridized carbons (Fsp3) is 0.176. The Labute approximate surface area is 123 Å². The molecule has 2 aromatic heterocycles. The van der Waals surface area contributed by atoms with E-state index in [1.165, 1.54) is 10.9 Å². The highest BCUT2D eigenvalue weighted by Crippen LogP contribution is 2.15. The molecule has 2 heterocycles. The van der Waals surface area contributed by atoms with Gasteiger partial charge in [-0.25, -0.2) is 0 Å². The van der Waals surface area contributed by atoms with Crippen LogP contribution in [0.5, 0.6) is 0 Å². The topological polar surface area (TPSA) is 46.9 Å². The van der Waals surface area contributed by atoms with Crippen LogP contribution in [-0.2, 0) is 6.54 Å². The molecule has 0 saturated heterocycles. The van der Waals surface area contributed by atoms with E-state index in [0.29, 0.717) is 12.2 Å². The lowest BCUT2D eigenvalue weighted by molar-refractivity contribution is 0.0948. The Morgan fingerprint density at radius 2 is 1.95 bits per heavy atom. The summed E-state index contributed by atoms with van der Waals surface area (Å²) < 4.78 is 2.21. The van der Waals surface area contributed by atoms with Crippen LogP contribution in [0.25, 0.3) is 10.9 Å². The van der Waals surface area contributed by atoms with Gasteiger partial charge in [0.05, 0.1) is 0 Å². The largest absolute Gasteiger partial charge is 0.351 e. The van der Waals surface area contributed by atoms with E-state index in [-0.39, 0.29) is 5.91 Å². The SMILES string of the molecule is O=C(NCCCn1ccc2ccccc21)c1ccccn1. The number of benzene rings is 1. The van der Waals surface area contributed by atoms with Gasteiger partial charge in [0, 0.05) is 31.0 Å². The second kappa shape index (κ2) is 6.22. The standard InChI is InChI=1S/C17H17N3O/c21-17(15-7-3-4-10-18-15)19-11-5-12-20-13-9-14-6-1-2-8-16(14)20/h1-4,6-10,13H,5,11-12H2,(H,19,21). The molecule has 0 bridgehead atoms. The Morgan fingerprint density at radius 1 is 1.10 bits per heavy atom. The van der Waals surface area contributed by atoms with E-state index in [9.17, 15) is 4.79 Å². The summed E-state index contributed by atoms with van der Waals surface area (Å²) >= 11 is 0. The summed E-state index contributed by atoms with van der Waals surface area (Å²) in [6, 6.07) is 15.7. The highest BCUT2D eigenvalue weighted by atomic mass is 16.1. The lowest BCUT2D eigenvalue weighted by Gasteiger charge is -2.07. The molecule has 0 aliphatic rings. The normalized spacial score (nSPS) is 10.7.